The lowest BCUT2D eigenvalue weighted by Crippen LogP contribution is -2.38. The van der Waals surface area contributed by atoms with Gasteiger partial charge in [-0.05, 0) is 31.4 Å². The third-order valence-corrected chi connectivity index (χ3v) is 3.99. The van der Waals surface area contributed by atoms with Crippen LogP contribution in [-0.2, 0) is 4.79 Å². The van der Waals surface area contributed by atoms with Crippen molar-refractivity contribution in [3.63, 3.8) is 0 Å². The fourth-order valence-electron chi connectivity index (χ4n) is 2.75. The number of carbonyl (C=O) groups excluding carboxylic acids is 1. The monoisotopic (exact) mass is 274 g/mol. The van der Waals surface area contributed by atoms with Gasteiger partial charge in [-0.25, -0.2) is 0 Å². The van der Waals surface area contributed by atoms with Crippen LogP contribution in [0.4, 0.5) is 0 Å². The lowest BCUT2D eigenvalue weighted by Gasteiger charge is -2.15. The summed E-state index contributed by atoms with van der Waals surface area (Å²) in [5.74, 6) is 0.921. The first-order valence-corrected chi connectivity index (χ1v) is 7.52. The summed E-state index contributed by atoms with van der Waals surface area (Å²) < 4.78 is 5.54. The summed E-state index contributed by atoms with van der Waals surface area (Å²) in [6.07, 6.45) is 4.19. The largest absolute Gasteiger partial charge is 0.493 e. The Morgan fingerprint density at radius 3 is 2.80 bits per heavy atom. The fraction of sp³-hybridized carbons (Fsp3) is 0.562. The molecule has 1 saturated heterocycles. The van der Waals surface area contributed by atoms with Crippen LogP contribution < -0.4 is 10.1 Å². The van der Waals surface area contributed by atoms with Crippen molar-refractivity contribution < 1.29 is 9.53 Å². The van der Waals surface area contributed by atoms with Crippen molar-refractivity contribution >= 4 is 5.91 Å². The molecule has 0 aromatic heterocycles. The van der Waals surface area contributed by atoms with E-state index in [0.29, 0.717) is 19.1 Å². The van der Waals surface area contributed by atoms with Gasteiger partial charge >= 0.3 is 0 Å². The Morgan fingerprint density at radius 2 is 2.05 bits per heavy atom. The molecule has 0 bridgehead atoms. The first kappa shape index (κ1) is 13.4. The molecule has 0 spiro atoms. The summed E-state index contributed by atoms with van der Waals surface area (Å²) in [6.45, 7) is 2.60. The molecule has 1 aliphatic heterocycles. The second kappa shape index (κ2) is 6.27. The summed E-state index contributed by atoms with van der Waals surface area (Å²) >= 11 is 0. The number of rotatable bonds is 6. The first-order valence-electron chi connectivity index (χ1n) is 7.52. The van der Waals surface area contributed by atoms with E-state index in [2.05, 4.69) is 10.2 Å². The molecule has 20 heavy (non-hydrogen) atoms. The number of likely N-dealkylation sites (tertiary alicyclic amines) is 1. The standard InChI is InChI=1S/C16H22N2O2/c19-16(9-11-20-15-4-2-1-3-5-15)17-13-8-10-18(12-13)14-6-7-14/h1-5,13-14H,6-12H2,(H,17,19). The van der Waals surface area contributed by atoms with Gasteiger partial charge in [0.1, 0.15) is 5.75 Å². The lowest BCUT2D eigenvalue weighted by molar-refractivity contribution is -0.122. The third-order valence-electron chi connectivity index (χ3n) is 3.99. The number of nitrogens with one attached hydrogen (secondary N) is 1. The number of ether oxygens (including phenoxy) is 1. The van der Waals surface area contributed by atoms with Crippen LogP contribution >= 0.6 is 0 Å². The Morgan fingerprint density at radius 1 is 1.25 bits per heavy atom. The molecule has 2 aliphatic rings. The molecular weight excluding hydrogens is 252 g/mol. The Balaban J connectivity index is 1.33. The highest BCUT2D eigenvalue weighted by molar-refractivity contribution is 5.76. The fourth-order valence-corrected chi connectivity index (χ4v) is 2.75. The maximum Gasteiger partial charge on any atom is 0.223 e. The van der Waals surface area contributed by atoms with E-state index < -0.39 is 0 Å². The van der Waals surface area contributed by atoms with E-state index in [0.717, 1.165) is 31.3 Å². The van der Waals surface area contributed by atoms with E-state index >= 15 is 0 Å². The number of hydrogen-bond donors (Lipinski definition) is 1. The molecule has 1 N–H and O–H groups in total. The molecular formula is C16H22N2O2. The van der Waals surface area contributed by atoms with E-state index in [1.165, 1.54) is 12.8 Å². The van der Waals surface area contributed by atoms with E-state index in [-0.39, 0.29) is 5.91 Å². The van der Waals surface area contributed by atoms with Crippen molar-refractivity contribution in [1.82, 2.24) is 10.2 Å². The second-order valence-corrected chi connectivity index (χ2v) is 5.69. The number of amides is 1. The summed E-state index contributed by atoms with van der Waals surface area (Å²) in [5.41, 5.74) is 0. The number of hydrogen-bond acceptors (Lipinski definition) is 3. The second-order valence-electron chi connectivity index (χ2n) is 5.69. The summed E-state index contributed by atoms with van der Waals surface area (Å²) in [5, 5.41) is 3.12. The minimum atomic E-state index is 0.101. The first-order chi connectivity index (χ1) is 9.81. The number of nitrogens with zero attached hydrogens (tertiary/aromatic N) is 1. The highest BCUT2D eigenvalue weighted by Gasteiger charge is 2.34. The maximum absolute atomic E-state index is 11.9. The van der Waals surface area contributed by atoms with Crippen LogP contribution in [0.1, 0.15) is 25.7 Å². The smallest absolute Gasteiger partial charge is 0.223 e. The zero-order chi connectivity index (χ0) is 13.8. The normalized spacial score (nSPS) is 22.7. The quantitative estimate of drug-likeness (QED) is 0.860. The molecule has 1 heterocycles. The molecule has 4 heteroatoms. The van der Waals surface area contributed by atoms with Crippen LogP contribution in [0.5, 0.6) is 5.75 Å². The number of benzene rings is 1. The molecule has 2 fully saturated rings. The predicted octanol–water partition coefficient (Wildman–Crippen LogP) is 1.81. The zero-order valence-electron chi connectivity index (χ0n) is 11.8. The van der Waals surface area contributed by atoms with Crippen molar-refractivity contribution in [2.45, 2.75) is 37.8 Å². The van der Waals surface area contributed by atoms with Gasteiger partial charge in [-0.2, -0.15) is 0 Å². The average Bonchev–Trinajstić information content (AvgIpc) is 3.21. The van der Waals surface area contributed by atoms with Gasteiger partial charge in [0, 0.05) is 25.2 Å². The molecule has 3 rings (SSSR count). The van der Waals surface area contributed by atoms with Gasteiger partial charge in [-0.15, -0.1) is 0 Å². The van der Waals surface area contributed by atoms with E-state index in [1.54, 1.807) is 0 Å². The van der Waals surface area contributed by atoms with E-state index in [9.17, 15) is 4.79 Å². The molecule has 1 atom stereocenters. The van der Waals surface area contributed by atoms with Gasteiger partial charge in [-0.3, -0.25) is 9.69 Å². The summed E-state index contributed by atoms with van der Waals surface area (Å²) in [7, 11) is 0. The molecule has 4 nitrogen and oxygen atoms in total. The SMILES string of the molecule is O=C(CCOc1ccccc1)NC1CCN(C2CC2)C1. The van der Waals surface area contributed by atoms with E-state index in [4.69, 9.17) is 4.74 Å². The van der Waals surface area contributed by atoms with Gasteiger partial charge < -0.3 is 10.1 Å². The van der Waals surface area contributed by atoms with Gasteiger partial charge in [0.05, 0.1) is 13.0 Å². The Kier molecular flexibility index (Phi) is 4.21. The van der Waals surface area contributed by atoms with Gasteiger partial charge in [-0.1, -0.05) is 18.2 Å². The Hall–Kier alpha value is -1.55. The molecule has 0 radical (unpaired) electrons. The van der Waals surface area contributed by atoms with Crippen LogP contribution in [0.15, 0.2) is 30.3 Å². The molecule has 1 aliphatic carbocycles. The lowest BCUT2D eigenvalue weighted by atomic mass is 10.2. The Labute approximate surface area is 120 Å². The maximum atomic E-state index is 11.9. The highest BCUT2D eigenvalue weighted by Crippen LogP contribution is 2.29. The van der Waals surface area contributed by atoms with Gasteiger partial charge in [0.15, 0.2) is 0 Å². The number of para-hydroxylation sites is 1. The van der Waals surface area contributed by atoms with Crippen LogP contribution in [0.3, 0.4) is 0 Å². The van der Waals surface area contributed by atoms with Crippen LogP contribution in [0, 0.1) is 0 Å². The van der Waals surface area contributed by atoms with Crippen molar-refractivity contribution in [3.8, 4) is 5.75 Å². The molecule has 1 aromatic rings. The summed E-state index contributed by atoms with van der Waals surface area (Å²) in [6, 6.07) is 10.8. The molecule has 108 valence electrons. The van der Waals surface area contributed by atoms with E-state index in [1.807, 2.05) is 30.3 Å². The van der Waals surface area contributed by atoms with Crippen LogP contribution in [0.25, 0.3) is 0 Å². The summed E-state index contributed by atoms with van der Waals surface area (Å²) in [4.78, 5) is 14.4. The van der Waals surface area contributed by atoms with Gasteiger partial charge in [0.2, 0.25) is 5.91 Å². The third kappa shape index (κ3) is 3.73. The molecule has 1 amide bonds. The van der Waals surface area contributed by atoms with Crippen LogP contribution in [0.2, 0.25) is 0 Å². The number of carbonyl (C=O) groups is 1. The minimum absolute atomic E-state index is 0.101. The zero-order valence-corrected chi connectivity index (χ0v) is 11.8. The van der Waals surface area contributed by atoms with Gasteiger partial charge in [0.25, 0.3) is 0 Å². The van der Waals surface area contributed by atoms with Crippen molar-refractivity contribution in [2.24, 2.45) is 0 Å². The average molecular weight is 274 g/mol. The van der Waals surface area contributed by atoms with Crippen molar-refractivity contribution in [2.75, 3.05) is 19.7 Å². The highest BCUT2D eigenvalue weighted by atomic mass is 16.5. The van der Waals surface area contributed by atoms with Crippen molar-refractivity contribution in [1.29, 1.82) is 0 Å². The minimum Gasteiger partial charge on any atom is -0.493 e. The van der Waals surface area contributed by atoms with Crippen molar-refractivity contribution in [3.05, 3.63) is 30.3 Å². The topological polar surface area (TPSA) is 41.6 Å². The molecule has 1 saturated carbocycles. The molecule has 1 aromatic carbocycles. The Bertz CT molecular complexity index is 445. The van der Waals surface area contributed by atoms with Crippen LogP contribution in [-0.4, -0.2) is 42.6 Å². The predicted molar refractivity (Wildman–Crippen MR) is 77.7 cm³/mol. The molecule has 1 unspecified atom stereocenters.